The number of pyridine rings is 1. The van der Waals surface area contributed by atoms with Gasteiger partial charge in [-0.05, 0) is 25.0 Å². The summed E-state index contributed by atoms with van der Waals surface area (Å²) in [5.41, 5.74) is 0.411. The predicted molar refractivity (Wildman–Crippen MR) is 59.5 cm³/mol. The van der Waals surface area contributed by atoms with Crippen LogP contribution in [0.15, 0.2) is 18.3 Å². The highest BCUT2D eigenvalue weighted by Crippen LogP contribution is 2.26. The van der Waals surface area contributed by atoms with Crippen LogP contribution in [-0.2, 0) is 4.79 Å². The molecule has 1 aromatic heterocycles. The van der Waals surface area contributed by atoms with Gasteiger partial charge in [-0.1, -0.05) is 12.8 Å². The highest BCUT2D eigenvalue weighted by molar-refractivity contribution is 5.92. The number of aromatic nitrogens is 1. The molecule has 16 heavy (non-hydrogen) atoms. The summed E-state index contributed by atoms with van der Waals surface area (Å²) in [5, 5.41) is 11.6. The van der Waals surface area contributed by atoms with E-state index in [0.717, 1.165) is 25.7 Å². The molecule has 0 aliphatic heterocycles. The molecule has 0 spiro atoms. The van der Waals surface area contributed by atoms with Crippen LogP contribution in [0.4, 0.5) is 5.82 Å². The van der Waals surface area contributed by atoms with Gasteiger partial charge in [-0.25, -0.2) is 4.98 Å². The quantitative estimate of drug-likeness (QED) is 0.821. The molecule has 0 saturated heterocycles. The highest BCUT2D eigenvalue weighted by atomic mass is 16.1. The Morgan fingerprint density at radius 3 is 2.94 bits per heavy atom. The van der Waals surface area contributed by atoms with Crippen LogP contribution in [0, 0.1) is 17.2 Å². The Kier molecular flexibility index (Phi) is 3.16. The molecule has 1 heterocycles. The Balaban J connectivity index is 2.08. The van der Waals surface area contributed by atoms with E-state index in [2.05, 4.69) is 10.3 Å². The van der Waals surface area contributed by atoms with Gasteiger partial charge < -0.3 is 5.32 Å². The molecule has 0 unspecified atom stereocenters. The summed E-state index contributed by atoms with van der Waals surface area (Å²) in [6.45, 7) is 0. The van der Waals surface area contributed by atoms with Crippen molar-refractivity contribution in [3.8, 4) is 6.07 Å². The molecule has 1 aromatic rings. The van der Waals surface area contributed by atoms with Crippen molar-refractivity contribution in [2.75, 3.05) is 5.32 Å². The van der Waals surface area contributed by atoms with Gasteiger partial charge in [0.25, 0.3) is 0 Å². The average molecular weight is 215 g/mol. The molecule has 0 bridgehead atoms. The fourth-order valence-electron chi connectivity index (χ4n) is 2.00. The van der Waals surface area contributed by atoms with Crippen LogP contribution >= 0.6 is 0 Å². The van der Waals surface area contributed by atoms with Crippen molar-refractivity contribution in [1.29, 1.82) is 5.26 Å². The number of nitriles is 1. The smallest absolute Gasteiger partial charge is 0.228 e. The zero-order chi connectivity index (χ0) is 11.4. The van der Waals surface area contributed by atoms with Crippen LogP contribution in [0.2, 0.25) is 0 Å². The van der Waals surface area contributed by atoms with Crippen LogP contribution in [0.5, 0.6) is 0 Å². The van der Waals surface area contributed by atoms with Crippen LogP contribution in [0.3, 0.4) is 0 Å². The monoisotopic (exact) mass is 215 g/mol. The van der Waals surface area contributed by atoms with E-state index < -0.39 is 0 Å². The molecule has 1 saturated carbocycles. The van der Waals surface area contributed by atoms with Gasteiger partial charge in [0.05, 0.1) is 5.56 Å². The van der Waals surface area contributed by atoms with Crippen molar-refractivity contribution in [3.63, 3.8) is 0 Å². The summed E-state index contributed by atoms with van der Waals surface area (Å²) in [6.07, 6.45) is 5.70. The van der Waals surface area contributed by atoms with E-state index in [0.29, 0.717) is 11.4 Å². The first-order valence-electron chi connectivity index (χ1n) is 5.47. The first-order chi connectivity index (χ1) is 7.81. The highest BCUT2D eigenvalue weighted by Gasteiger charge is 2.23. The lowest BCUT2D eigenvalue weighted by molar-refractivity contribution is -0.119. The summed E-state index contributed by atoms with van der Waals surface area (Å²) in [6, 6.07) is 5.35. The fraction of sp³-hybridized carbons (Fsp3) is 0.417. The molecular formula is C12H13N3O. The second-order valence-corrected chi connectivity index (χ2v) is 3.98. The molecule has 4 heteroatoms. The minimum atomic E-state index is -0.00676. The van der Waals surface area contributed by atoms with Gasteiger partial charge in [0, 0.05) is 12.1 Å². The van der Waals surface area contributed by atoms with Gasteiger partial charge in [-0.3, -0.25) is 4.79 Å². The Morgan fingerprint density at radius 1 is 1.50 bits per heavy atom. The average Bonchev–Trinajstić information content (AvgIpc) is 2.83. The molecule has 1 aliphatic rings. The van der Waals surface area contributed by atoms with E-state index >= 15 is 0 Å². The summed E-state index contributed by atoms with van der Waals surface area (Å²) in [7, 11) is 0. The zero-order valence-corrected chi connectivity index (χ0v) is 8.94. The molecular weight excluding hydrogens is 202 g/mol. The lowest BCUT2D eigenvalue weighted by atomic mass is 10.1. The number of hydrogen-bond donors (Lipinski definition) is 1. The molecule has 0 aromatic carbocycles. The molecule has 1 amide bonds. The van der Waals surface area contributed by atoms with Crippen molar-refractivity contribution < 1.29 is 4.79 Å². The minimum absolute atomic E-state index is 0.00676. The second-order valence-electron chi connectivity index (χ2n) is 3.98. The van der Waals surface area contributed by atoms with Gasteiger partial charge in [0.2, 0.25) is 5.91 Å². The van der Waals surface area contributed by atoms with Crippen molar-refractivity contribution >= 4 is 11.7 Å². The number of hydrogen-bond acceptors (Lipinski definition) is 3. The van der Waals surface area contributed by atoms with E-state index in [4.69, 9.17) is 5.26 Å². The third-order valence-electron chi connectivity index (χ3n) is 2.90. The van der Waals surface area contributed by atoms with Gasteiger partial charge in [0.15, 0.2) is 0 Å². The van der Waals surface area contributed by atoms with E-state index in [-0.39, 0.29) is 11.8 Å². The topological polar surface area (TPSA) is 65.8 Å². The van der Waals surface area contributed by atoms with E-state index in [9.17, 15) is 4.79 Å². The SMILES string of the molecule is N#Cc1cccnc1NC(=O)C1CCCC1. The molecule has 0 atom stereocenters. The molecule has 1 aliphatic carbocycles. The van der Waals surface area contributed by atoms with E-state index in [1.807, 2.05) is 6.07 Å². The Hall–Kier alpha value is -1.89. The van der Waals surface area contributed by atoms with Crippen molar-refractivity contribution in [2.45, 2.75) is 25.7 Å². The number of nitrogens with zero attached hydrogens (tertiary/aromatic N) is 2. The van der Waals surface area contributed by atoms with Crippen LogP contribution in [0.1, 0.15) is 31.2 Å². The standard InChI is InChI=1S/C12H13N3O/c13-8-10-6-3-7-14-11(10)15-12(16)9-4-1-2-5-9/h3,6-7,9H,1-2,4-5H2,(H,14,15,16). The van der Waals surface area contributed by atoms with Crippen molar-refractivity contribution in [1.82, 2.24) is 4.98 Å². The summed E-state index contributed by atoms with van der Waals surface area (Å²) in [5.74, 6) is 0.461. The fourth-order valence-corrected chi connectivity index (χ4v) is 2.00. The van der Waals surface area contributed by atoms with Gasteiger partial charge >= 0.3 is 0 Å². The maximum atomic E-state index is 11.8. The molecule has 2 rings (SSSR count). The number of carbonyl (C=O) groups excluding carboxylic acids is 1. The van der Waals surface area contributed by atoms with Crippen LogP contribution in [0.25, 0.3) is 0 Å². The minimum Gasteiger partial charge on any atom is -0.309 e. The number of rotatable bonds is 2. The lowest BCUT2D eigenvalue weighted by Crippen LogP contribution is -2.21. The van der Waals surface area contributed by atoms with Crippen LogP contribution in [-0.4, -0.2) is 10.9 Å². The van der Waals surface area contributed by atoms with Gasteiger partial charge in [-0.15, -0.1) is 0 Å². The largest absolute Gasteiger partial charge is 0.309 e. The van der Waals surface area contributed by atoms with Gasteiger partial charge in [-0.2, -0.15) is 5.26 Å². The second kappa shape index (κ2) is 4.75. The van der Waals surface area contributed by atoms with Crippen molar-refractivity contribution in [2.24, 2.45) is 5.92 Å². The maximum Gasteiger partial charge on any atom is 0.228 e. The Morgan fingerprint density at radius 2 is 2.25 bits per heavy atom. The van der Waals surface area contributed by atoms with E-state index in [1.165, 1.54) is 0 Å². The van der Waals surface area contributed by atoms with Gasteiger partial charge in [0.1, 0.15) is 11.9 Å². The molecule has 1 fully saturated rings. The third-order valence-corrected chi connectivity index (χ3v) is 2.90. The summed E-state index contributed by atoms with van der Waals surface area (Å²) in [4.78, 5) is 15.8. The number of carbonyl (C=O) groups is 1. The summed E-state index contributed by atoms with van der Waals surface area (Å²) >= 11 is 0. The third kappa shape index (κ3) is 2.19. The normalized spacial score (nSPS) is 15.7. The predicted octanol–water partition coefficient (Wildman–Crippen LogP) is 2.08. The van der Waals surface area contributed by atoms with E-state index in [1.54, 1.807) is 18.3 Å². The first kappa shape index (κ1) is 10.6. The Labute approximate surface area is 94.3 Å². The van der Waals surface area contributed by atoms with Crippen molar-refractivity contribution in [3.05, 3.63) is 23.9 Å². The van der Waals surface area contributed by atoms with Crippen LogP contribution < -0.4 is 5.32 Å². The zero-order valence-electron chi connectivity index (χ0n) is 8.94. The maximum absolute atomic E-state index is 11.8. The molecule has 1 N–H and O–H groups in total. The number of amides is 1. The Bertz CT molecular complexity index is 430. The molecule has 82 valence electrons. The lowest BCUT2D eigenvalue weighted by Gasteiger charge is -2.10. The number of anilines is 1. The molecule has 0 radical (unpaired) electrons. The molecule has 4 nitrogen and oxygen atoms in total. The first-order valence-corrected chi connectivity index (χ1v) is 5.47. The summed E-state index contributed by atoms with van der Waals surface area (Å²) < 4.78 is 0. The number of nitrogens with one attached hydrogen (secondary N) is 1.